The topological polar surface area (TPSA) is 12.5 Å². The number of nitrogens with zero attached hydrogens (tertiary/aromatic N) is 1. The zero-order valence-electron chi connectivity index (χ0n) is 10.1. The van der Waals surface area contributed by atoms with Crippen LogP contribution >= 0.6 is 15.9 Å². The Morgan fingerprint density at radius 3 is 2.38 bits per heavy atom. The van der Waals surface area contributed by atoms with Crippen LogP contribution in [0.4, 0.5) is 0 Å². The molecule has 0 N–H and O–H groups in total. The second kappa shape index (κ2) is 7.69. The van der Waals surface area contributed by atoms with Gasteiger partial charge in [-0.05, 0) is 64.2 Å². The summed E-state index contributed by atoms with van der Waals surface area (Å²) in [6, 6.07) is 7.98. The first-order valence-corrected chi connectivity index (χ1v) is 6.51. The molecule has 0 heterocycles. The summed E-state index contributed by atoms with van der Waals surface area (Å²) in [5, 5.41) is 0. The molecule has 0 atom stereocenters. The minimum atomic E-state index is 0.815. The second-order valence-electron chi connectivity index (χ2n) is 4.17. The van der Waals surface area contributed by atoms with Gasteiger partial charge in [0.05, 0.1) is 6.61 Å². The molecular formula is C13H20BrNO. The predicted molar refractivity (Wildman–Crippen MR) is 72.0 cm³/mol. The number of benzene rings is 1. The van der Waals surface area contributed by atoms with Gasteiger partial charge in [-0.15, -0.1) is 0 Å². The molecule has 0 saturated heterocycles. The fourth-order valence-corrected chi connectivity index (χ4v) is 1.69. The maximum atomic E-state index is 5.63. The summed E-state index contributed by atoms with van der Waals surface area (Å²) >= 11 is 3.40. The van der Waals surface area contributed by atoms with Crippen LogP contribution in [0.3, 0.4) is 0 Å². The van der Waals surface area contributed by atoms with Gasteiger partial charge in [0.25, 0.3) is 0 Å². The van der Waals surface area contributed by atoms with Gasteiger partial charge in [-0.25, -0.2) is 0 Å². The van der Waals surface area contributed by atoms with Gasteiger partial charge in [0.1, 0.15) is 5.75 Å². The van der Waals surface area contributed by atoms with Crippen LogP contribution in [-0.4, -0.2) is 32.1 Å². The van der Waals surface area contributed by atoms with Gasteiger partial charge in [0, 0.05) is 4.47 Å². The summed E-state index contributed by atoms with van der Waals surface area (Å²) in [5.41, 5.74) is 0. The van der Waals surface area contributed by atoms with Crippen LogP contribution in [0.1, 0.15) is 19.3 Å². The Kier molecular flexibility index (Phi) is 6.50. The normalized spacial score (nSPS) is 10.8. The molecular weight excluding hydrogens is 266 g/mol. The first-order valence-electron chi connectivity index (χ1n) is 5.71. The standard InChI is InChI=1S/C13H20BrNO/c1-15(2)10-4-3-5-11-16-13-8-6-12(14)7-9-13/h6-9H,3-5,10-11H2,1-2H3. The van der Waals surface area contributed by atoms with Crippen molar-refractivity contribution in [2.24, 2.45) is 0 Å². The molecule has 0 aliphatic rings. The zero-order valence-corrected chi connectivity index (χ0v) is 11.7. The number of halogens is 1. The van der Waals surface area contributed by atoms with E-state index in [1.807, 2.05) is 24.3 Å². The van der Waals surface area contributed by atoms with Crippen LogP contribution in [0.15, 0.2) is 28.7 Å². The largest absolute Gasteiger partial charge is 0.494 e. The predicted octanol–water partition coefficient (Wildman–Crippen LogP) is 3.56. The van der Waals surface area contributed by atoms with E-state index >= 15 is 0 Å². The van der Waals surface area contributed by atoms with Crippen molar-refractivity contribution in [3.63, 3.8) is 0 Å². The van der Waals surface area contributed by atoms with E-state index in [1.165, 1.54) is 12.8 Å². The first-order chi connectivity index (χ1) is 7.68. The quantitative estimate of drug-likeness (QED) is 0.711. The van der Waals surface area contributed by atoms with Crippen LogP contribution in [-0.2, 0) is 0 Å². The molecule has 1 aromatic carbocycles. The molecule has 0 saturated carbocycles. The summed E-state index contributed by atoms with van der Waals surface area (Å²) < 4.78 is 6.72. The number of rotatable bonds is 7. The number of ether oxygens (including phenoxy) is 1. The van der Waals surface area contributed by atoms with Crippen molar-refractivity contribution in [2.75, 3.05) is 27.2 Å². The molecule has 1 aromatic rings. The van der Waals surface area contributed by atoms with Crippen LogP contribution < -0.4 is 4.74 Å². The smallest absolute Gasteiger partial charge is 0.119 e. The fraction of sp³-hybridized carbons (Fsp3) is 0.538. The van der Waals surface area contributed by atoms with Gasteiger partial charge < -0.3 is 9.64 Å². The Balaban J connectivity index is 2.05. The maximum absolute atomic E-state index is 5.63. The Labute approximate surface area is 107 Å². The van der Waals surface area contributed by atoms with Gasteiger partial charge in [-0.1, -0.05) is 15.9 Å². The van der Waals surface area contributed by atoms with E-state index in [1.54, 1.807) is 0 Å². The average molecular weight is 286 g/mol. The number of hydrogen-bond acceptors (Lipinski definition) is 2. The fourth-order valence-electron chi connectivity index (χ4n) is 1.43. The SMILES string of the molecule is CN(C)CCCCCOc1ccc(Br)cc1. The Morgan fingerprint density at radius 2 is 1.75 bits per heavy atom. The van der Waals surface area contributed by atoms with Crippen molar-refractivity contribution in [1.82, 2.24) is 4.90 Å². The third-order valence-electron chi connectivity index (χ3n) is 2.33. The first kappa shape index (κ1) is 13.5. The highest BCUT2D eigenvalue weighted by molar-refractivity contribution is 9.10. The van der Waals surface area contributed by atoms with E-state index in [4.69, 9.17) is 4.74 Å². The molecule has 0 fully saturated rings. The summed E-state index contributed by atoms with van der Waals surface area (Å²) in [6.07, 6.45) is 3.61. The Bertz CT molecular complexity index is 284. The Hall–Kier alpha value is -0.540. The lowest BCUT2D eigenvalue weighted by Gasteiger charge is -2.09. The summed E-state index contributed by atoms with van der Waals surface area (Å²) in [5.74, 6) is 0.954. The lowest BCUT2D eigenvalue weighted by atomic mass is 10.2. The number of hydrogen-bond donors (Lipinski definition) is 0. The van der Waals surface area contributed by atoms with E-state index < -0.39 is 0 Å². The molecule has 0 aliphatic carbocycles. The van der Waals surface area contributed by atoms with Crippen molar-refractivity contribution in [1.29, 1.82) is 0 Å². The molecule has 0 spiro atoms. The minimum absolute atomic E-state index is 0.815. The summed E-state index contributed by atoms with van der Waals surface area (Å²) in [6.45, 7) is 1.98. The van der Waals surface area contributed by atoms with Gasteiger partial charge in [-0.3, -0.25) is 0 Å². The van der Waals surface area contributed by atoms with E-state index in [-0.39, 0.29) is 0 Å². The van der Waals surface area contributed by atoms with Gasteiger partial charge in [0.15, 0.2) is 0 Å². The molecule has 0 radical (unpaired) electrons. The molecule has 3 heteroatoms. The minimum Gasteiger partial charge on any atom is -0.494 e. The highest BCUT2D eigenvalue weighted by Crippen LogP contribution is 2.16. The van der Waals surface area contributed by atoms with Crippen molar-refractivity contribution < 1.29 is 4.74 Å². The van der Waals surface area contributed by atoms with Crippen LogP contribution in [0.25, 0.3) is 0 Å². The van der Waals surface area contributed by atoms with E-state index in [0.29, 0.717) is 0 Å². The molecule has 0 unspecified atom stereocenters. The molecule has 0 bridgehead atoms. The summed E-state index contributed by atoms with van der Waals surface area (Å²) in [7, 11) is 4.22. The monoisotopic (exact) mass is 285 g/mol. The molecule has 0 aliphatic heterocycles. The zero-order chi connectivity index (χ0) is 11.8. The summed E-state index contributed by atoms with van der Waals surface area (Å²) in [4.78, 5) is 2.22. The highest BCUT2D eigenvalue weighted by Gasteiger charge is 1.95. The van der Waals surface area contributed by atoms with E-state index in [0.717, 1.165) is 29.8 Å². The molecule has 0 aromatic heterocycles. The van der Waals surface area contributed by atoms with Crippen LogP contribution in [0, 0.1) is 0 Å². The van der Waals surface area contributed by atoms with Crippen molar-refractivity contribution in [3.8, 4) is 5.75 Å². The molecule has 16 heavy (non-hydrogen) atoms. The third-order valence-corrected chi connectivity index (χ3v) is 2.86. The highest BCUT2D eigenvalue weighted by atomic mass is 79.9. The molecule has 1 rings (SSSR count). The van der Waals surface area contributed by atoms with Gasteiger partial charge in [0.2, 0.25) is 0 Å². The average Bonchev–Trinajstić information content (AvgIpc) is 2.25. The van der Waals surface area contributed by atoms with Gasteiger partial charge >= 0.3 is 0 Å². The lowest BCUT2D eigenvalue weighted by Crippen LogP contribution is -2.12. The third kappa shape index (κ3) is 6.13. The van der Waals surface area contributed by atoms with E-state index in [2.05, 4.69) is 34.9 Å². The van der Waals surface area contributed by atoms with Crippen LogP contribution in [0.5, 0.6) is 5.75 Å². The maximum Gasteiger partial charge on any atom is 0.119 e. The van der Waals surface area contributed by atoms with E-state index in [9.17, 15) is 0 Å². The lowest BCUT2D eigenvalue weighted by molar-refractivity contribution is 0.299. The van der Waals surface area contributed by atoms with Crippen molar-refractivity contribution >= 4 is 15.9 Å². The van der Waals surface area contributed by atoms with Crippen LogP contribution in [0.2, 0.25) is 0 Å². The molecule has 90 valence electrons. The second-order valence-corrected chi connectivity index (χ2v) is 5.08. The van der Waals surface area contributed by atoms with Crippen molar-refractivity contribution in [3.05, 3.63) is 28.7 Å². The Morgan fingerprint density at radius 1 is 1.06 bits per heavy atom. The molecule has 0 amide bonds. The van der Waals surface area contributed by atoms with Gasteiger partial charge in [-0.2, -0.15) is 0 Å². The number of unbranched alkanes of at least 4 members (excludes halogenated alkanes) is 2. The molecule has 2 nitrogen and oxygen atoms in total. The van der Waals surface area contributed by atoms with Crippen molar-refractivity contribution in [2.45, 2.75) is 19.3 Å².